The molecule has 3 rings (SSSR count). The number of benzene rings is 2. The minimum Gasteiger partial charge on any atom is -0.497 e. The van der Waals surface area contributed by atoms with E-state index in [1.54, 1.807) is 6.07 Å². The van der Waals surface area contributed by atoms with Crippen LogP contribution in [0.3, 0.4) is 0 Å². The molecule has 0 saturated carbocycles. The molecule has 1 saturated heterocycles. The average molecular weight is 548 g/mol. The second-order valence-corrected chi connectivity index (χ2v) is 8.87. The van der Waals surface area contributed by atoms with Crippen LogP contribution in [-0.2, 0) is 19.1 Å². The Morgan fingerprint density at radius 2 is 1.69 bits per heavy atom. The van der Waals surface area contributed by atoms with Crippen LogP contribution in [-0.4, -0.2) is 56.1 Å². The number of ether oxygens (including phenoxy) is 3. The molecule has 0 radical (unpaired) electrons. The Kier molecular flexibility index (Phi) is 8.34. The number of hydrogen-bond donors (Lipinski definition) is 2. The van der Waals surface area contributed by atoms with Crippen LogP contribution in [0.5, 0.6) is 11.5 Å². The van der Waals surface area contributed by atoms with Crippen LogP contribution in [0.25, 0.3) is 0 Å². The fraction of sp³-hybridized carbons (Fsp3) is 0.333. The summed E-state index contributed by atoms with van der Waals surface area (Å²) in [7, 11) is 2.91. The molecule has 10 nitrogen and oxygen atoms in total. The molecule has 11 heteroatoms. The van der Waals surface area contributed by atoms with E-state index in [-0.39, 0.29) is 18.5 Å². The van der Waals surface area contributed by atoms with E-state index in [2.05, 4.69) is 26.7 Å². The Hall–Kier alpha value is -3.60. The summed E-state index contributed by atoms with van der Waals surface area (Å²) in [6, 6.07) is 8.30. The molecule has 1 fully saturated rings. The van der Waals surface area contributed by atoms with E-state index in [0.29, 0.717) is 17.2 Å². The Morgan fingerprint density at radius 1 is 1.03 bits per heavy atom. The summed E-state index contributed by atoms with van der Waals surface area (Å²) in [4.78, 5) is 49.7. The quantitative estimate of drug-likeness (QED) is 0.487. The number of nitrogens with zero attached hydrogens (tertiary/aromatic N) is 1. The standard InChI is InChI=1S/C24H26BrN3O7/c1-13-6-20(14(2)5-19(13)25)26-21(29)12-35-24(32)16-9-22(30)28(11-16)27-23(31)15-7-17(33-3)10-18(8-15)34-4/h5-8,10,16H,9,11-12H2,1-4H3,(H,26,29)(H,27,31)/t16-/m0/s1. The summed E-state index contributed by atoms with van der Waals surface area (Å²) in [6.45, 7) is 3.18. The first-order valence-electron chi connectivity index (χ1n) is 10.7. The summed E-state index contributed by atoms with van der Waals surface area (Å²) < 4.78 is 16.3. The number of hydrazine groups is 1. The number of anilines is 1. The van der Waals surface area contributed by atoms with Crippen molar-refractivity contribution in [2.24, 2.45) is 5.92 Å². The van der Waals surface area contributed by atoms with Crippen LogP contribution in [0.15, 0.2) is 34.8 Å². The van der Waals surface area contributed by atoms with Crippen molar-refractivity contribution >= 4 is 45.3 Å². The van der Waals surface area contributed by atoms with Gasteiger partial charge in [-0.05, 0) is 49.2 Å². The van der Waals surface area contributed by atoms with Crippen LogP contribution < -0.4 is 20.2 Å². The van der Waals surface area contributed by atoms with Crippen LogP contribution in [0.4, 0.5) is 5.69 Å². The molecular formula is C24H26BrN3O7. The van der Waals surface area contributed by atoms with Gasteiger partial charge in [0, 0.05) is 28.2 Å². The minimum atomic E-state index is -0.813. The SMILES string of the molecule is COc1cc(OC)cc(C(=O)NN2C[C@@H](C(=O)OCC(=O)Nc3cc(C)c(Br)cc3C)CC2=O)c1. The van der Waals surface area contributed by atoms with Gasteiger partial charge in [0.15, 0.2) is 6.61 Å². The number of rotatable bonds is 8. The number of nitrogens with one attached hydrogen (secondary N) is 2. The summed E-state index contributed by atoms with van der Waals surface area (Å²) in [6.07, 6.45) is -0.146. The van der Waals surface area contributed by atoms with Gasteiger partial charge in [-0.1, -0.05) is 15.9 Å². The van der Waals surface area contributed by atoms with Crippen molar-refractivity contribution in [3.05, 3.63) is 51.5 Å². The van der Waals surface area contributed by atoms with E-state index in [0.717, 1.165) is 20.6 Å². The number of esters is 1. The zero-order valence-corrected chi connectivity index (χ0v) is 21.4. The highest BCUT2D eigenvalue weighted by Crippen LogP contribution is 2.25. The lowest BCUT2D eigenvalue weighted by Gasteiger charge is -2.18. The van der Waals surface area contributed by atoms with Gasteiger partial charge >= 0.3 is 5.97 Å². The van der Waals surface area contributed by atoms with Gasteiger partial charge in [0.05, 0.1) is 26.7 Å². The second-order valence-electron chi connectivity index (χ2n) is 8.02. The first-order valence-corrected chi connectivity index (χ1v) is 11.5. The molecule has 0 bridgehead atoms. The number of methoxy groups -OCH3 is 2. The molecule has 0 unspecified atom stereocenters. The van der Waals surface area contributed by atoms with Gasteiger partial charge in [0.1, 0.15) is 11.5 Å². The Morgan fingerprint density at radius 3 is 2.31 bits per heavy atom. The topological polar surface area (TPSA) is 123 Å². The predicted octanol–water partition coefficient (Wildman–Crippen LogP) is 2.76. The van der Waals surface area contributed by atoms with Gasteiger partial charge in [0.25, 0.3) is 11.8 Å². The zero-order valence-electron chi connectivity index (χ0n) is 19.8. The third-order valence-corrected chi connectivity index (χ3v) is 6.29. The number of carbonyl (C=O) groups excluding carboxylic acids is 4. The maximum Gasteiger partial charge on any atom is 0.311 e. The number of carbonyl (C=O) groups is 4. The van der Waals surface area contributed by atoms with Gasteiger partial charge in [-0.2, -0.15) is 0 Å². The summed E-state index contributed by atoms with van der Waals surface area (Å²) in [5.74, 6) is -2.19. The molecule has 0 aromatic heterocycles. The molecule has 1 heterocycles. The van der Waals surface area contributed by atoms with Crippen LogP contribution in [0, 0.1) is 19.8 Å². The highest BCUT2D eigenvalue weighted by molar-refractivity contribution is 9.10. The number of hydrogen-bond acceptors (Lipinski definition) is 7. The Bertz CT molecular complexity index is 1150. The van der Waals surface area contributed by atoms with E-state index >= 15 is 0 Å². The largest absolute Gasteiger partial charge is 0.497 e. The smallest absolute Gasteiger partial charge is 0.311 e. The lowest BCUT2D eigenvalue weighted by molar-refractivity contribution is -0.151. The molecule has 2 aromatic rings. The Balaban J connectivity index is 1.54. The number of aryl methyl sites for hydroxylation is 2. The maximum atomic E-state index is 12.6. The van der Waals surface area contributed by atoms with Crippen LogP contribution in [0.2, 0.25) is 0 Å². The zero-order chi connectivity index (χ0) is 25.7. The molecule has 1 atom stereocenters. The molecule has 0 spiro atoms. The van der Waals surface area contributed by atoms with E-state index in [1.165, 1.54) is 26.4 Å². The van der Waals surface area contributed by atoms with Gasteiger partial charge in [0.2, 0.25) is 5.91 Å². The molecule has 3 amide bonds. The van der Waals surface area contributed by atoms with Gasteiger partial charge in [-0.15, -0.1) is 0 Å². The van der Waals surface area contributed by atoms with E-state index in [9.17, 15) is 19.2 Å². The second kappa shape index (κ2) is 11.2. The highest BCUT2D eigenvalue weighted by atomic mass is 79.9. The molecule has 186 valence electrons. The van der Waals surface area contributed by atoms with Crippen LogP contribution in [0.1, 0.15) is 27.9 Å². The van der Waals surface area contributed by atoms with E-state index < -0.39 is 36.2 Å². The fourth-order valence-electron chi connectivity index (χ4n) is 3.46. The summed E-state index contributed by atoms with van der Waals surface area (Å²) in [5.41, 5.74) is 5.12. The molecule has 2 aromatic carbocycles. The predicted molar refractivity (Wildman–Crippen MR) is 130 cm³/mol. The summed E-state index contributed by atoms with van der Waals surface area (Å²) in [5, 5.41) is 3.78. The third kappa shape index (κ3) is 6.50. The monoisotopic (exact) mass is 547 g/mol. The molecule has 1 aliphatic heterocycles. The van der Waals surface area contributed by atoms with Crippen molar-refractivity contribution in [1.29, 1.82) is 0 Å². The molecular weight excluding hydrogens is 522 g/mol. The number of halogens is 1. The third-order valence-electron chi connectivity index (χ3n) is 5.43. The molecule has 0 aliphatic carbocycles. The lowest BCUT2D eigenvalue weighted by atomic mass is 10.1. The van der Waals surface area contributed by atoms with Crippen molar-refractivity contribution in [2.75, 3.05) is 32.7 Å². The lowest BCUT2D eigenvalue weighted by Crippen LogP contribution is -2.43. The average Bonchev–Trinajstić information content (AvgIpc) is 3.20. The van der Waals surface area contributed by atoms with Gasteiger partial charge in [-0.3, -0.25) is 29.6 Å². The maximum absolute atomic E-state index is 12.6. The van der Waals surface area contributed by atoms with Crippen molar-refractivity contribution in [3.63, 3.8) is 0 Å². The van der Waals surface area contributed by atoms with Crippen LogP contribution >= 0.6 is 15.9 Å². The minimum absolute atomic E-state index is 0.0723. The summed E-state index contributed by atoms with van der Waals surface area (Å²) >= 11 is 3.43. The van der Waals surface area contributed by atoms with E-state index in [1.807, 2.05) is 26.0 Å². The number of amides is 3. The van der Waals surface area contributed by atoms with Gasteiger partial charge in [-0.25, -0.2) is 0 Å². The first kappa shape index (κ1) is 26.0. The Labute approximate surface area is 211 Å². The fourth-order valence-corrected chi connectivity index (χ4v) is 3.91. The van der Waals surface area contributed by atoms with Crippen molar-refractivity contribution in [3.8, 4) is 11.5 Å². The molecule has 2 N–H and O–H groups in total. The highest BCUT2D eigenvalue weighted by Gasteiger charge is 2.37. The van der Waals surface area contributed by atoms with E-state index in [4.69, 9.17) is 14.2 Å². The van der Waals surface area contributed by atoms with Crippen molar-refractivity contribution < 1.29 is 33.4 Å². The van der Waals surface area contributed by atoms with Gasteiger partial charge < -0.3 is 19.5 Å². The molecule has 1 aliphatic rings. The molecule has 35 heavy (non-hydrogen) atoms. The normalized spacial score (nSPS) is 14.9. The van der Waals surface area contributed by atoms with Crippen molar-refractivity contribution in [1.82, 2.24) is 10.4 Å². The first-order chi connectivity index (χ1) is 16.6. The van der Waals surface area contributed by atoms with Crippen molar-refractivity contribution in [2.45, 2.75) is 20.3 Å².